The standard InChI is InChI=1S/C18H21N3O8/c22-15(23)13-4-2-1-3-11(13)10-29-19-7-8-20-17(26)18(20)6-5-12(21(27)28)9-14(18)16(24)25/h1-4,12,14,19H,5-10H2,(H,22,23)(H,24,25). The predicted molar refractivity (Wildman–Crippen MR) is 96.4 cm³/mol. The molecule has 1 aromatic carbocycles. The maximum atomic E-state index is 12.3. The van der Waals surface area contributed by atoms with Crippen molar-refractivity contribution in [2.75, 3.05) is 13.1 Å². The van der Waals surface area contributed by atoms with Gasteiger partial charge in [-0.2, -0.15) is 0 Å². The largest absolute Gasteiger partial charge is 0.481 e. The van der Waals surface area contributed by atoms with Crippen molar-refractivity contribution in [2.24, 2.45) is 5.92 Å². The molecule has 2 fully saturated rings. The summed E-state index contributed by atoms with van der Waals surface area (Å²) in [5.41, 5.74) is 2.08. The van der Waals surface area contributed by atoms with Crippen LogP contribution in [0.1, 0.15) is 35.2 Å². The van der Waals surface area contributed by atoms with E-state index in [0.29, 0.717) is 5.56 Å². The summed E-state index contributed by atoms with van der Waals surface area (Å²) in [5, 5.41) is 29.6. The lowest BCUT2D eigenvalue weighted by molar-refractivity contribution is -0.528. The van der Waals surface area contributed by atoms with E-state index >= 15 is 0 Å². The average Bonchev–Trinajstić information content (AvgIpc) is 3.23. The molecule has 1 amide bonds. The van der Waals surface area contributed by atoms with E-state index in [2.05, 4.69) is 5.48 Å². The third-order valence-corrected chi connectivity index (χ3v) is 5.60. The van der Waals surface area contributed by atoms with Crippen LogP contribution in [0.25, 0.3) is 0 Å². The molecule has 2 aliphatic rings. The van der Waals surface area contributed by atoms with Crippen molar-refractivity contribution >= 4 is 17.8 Å². The van der Waals surface area contributed by atoms with Gasteiger partial charge in [-0.05, 0) is 18.1 Å². The number of carboxylic acid groups (broad SMARTS) is 2. The first-order chi connectivity index (χ1) is 13.8. The molecule has 3 N–H and O–H groups in total. The van der Waals surface area contributed by atoms with Crippen molar-refractivity contribution in [3.05, 3.63) is 45.5 Å². The van der Waals surface area contributed by atoms with Crippen molar-refractivity contribution in [3.63, 3.8) is 0 Å². The number of hydrogen-bond donors (Lipinski definition) is 3. The van der Waals surface area contributed by atoms with Crippen LogP contribution >= 0.6 is 0 Å². The van der Waals surface area contributed by atoms with Crippen LogP contribution < -0.4 is 5.48 Å². The zero-order valence-corrected chi connectivity index (χ0v) is 15.4. The molecular formula is C18H21N3O8. The number of amides is 1. The first-order valence-corrected chi connectivity index (χ1v) is 9.13. The second kappa shape index (κ2) is 8.13. The summed E-state index contributed by atoms with van der Waals surface area (Å²) in [4.78, 5) is 52.3. The number of carbonyl (C=O) groups is 3. The van der Waals surface area contributed by atoms with E-state index in [9.17, 15) is 29.6 Å². The number of nitrogens with zero attached hydrogens (tertiary/aromatic N) is 2. The molecule has 29 heavy (non-hydrogen) atoms. The SMILES string of the molecule is O=C(O)c1ccccc1CONCCN1C(=O)C12CCC([N+](=O)[O-])CC2C(=O)O. The van der Waals surface area contributed by atoms with E-state index in [1.807, 2.05) is 0 Å². The molecule has 3 rings (SSSR count). The quantitative estimate of drug-likeness (QED) is 0.229. The van der Waals surface area contributed by atoms with Crippen molar-refractivity contribution in [2.45, 2.75) is 37.5 Å². The van der Waals surface area contributed by atoms with Crippen molar-refractivity contribution in [1.29, 1.82) is 0 Å². The number of aliphatic carboxylic acids is 1. The number of hydroxylamine groups is 1. The second-order valence-electron chi connectivity index (χ2n) is 7.13. The lowest BCUT2D eigenvalue weighted by Crippen LogP contribution is -2.45. The van der Waals surface area contributed by atoms with Gasteiger partial charge in [0.25, 0.3) is 0 Å². The Hall–Kier alpha value is -3.05. The third-order valence-electron chi connectivity index (χ3n) is 5.60. The van der Waals surface area contributed by atoms with Gasteiger partial charge in [-0.25, -0.2) is 10.3 Å². The second-order valence-corrected chi connectivity index (χ2v) is 7.13. The number of hydrogen-bond acceptors (Lipinski definition) is 7. The van der Waals surface area contributed by atoms with Crippen molar-refractivity contribution < 1.29 is 34.4 Å². The van der Waals surface area contributed by atoms with Crippen LogP contribution in [0.15, 0.2) is 24.3 Å². The number of nitro groups is 1. The molecule has 0 aromatic heterocycles. The number of aromatic carboxylic acids is 1. The number of nitrogens with one attached hydrogen (secondary N) is 1. The maximum absolute atomic E-state index is 12.3. The van der Waals surface area contributed by atoms with Gasteiger partial charge in [-0.1, -0.05) is 18.2 Å². The highest BCUT2D eigenvalue weighted by Gasteiger charge is 2.70. The summed E-state index contributed by atoms with van der Waals surface area (Å²) in [6.07, 6.45) is 0.136. The minimum Gasteiger partial charge on any atom is -0.481 e. The first kappa shape index (κ1) is 20.7. The summed E-state index contributed by atoms with van der Waals surface area (Å²) in [7, 11) is 0. The monoisotopic (exact) mass is 407 g/mol. The maximum Gasteiger partial charge on any atom is 0.336 e. The Labute approximate surface area is 165 Å². The van der Waals surface area contributed by atoms with Gasteiger partial charge in [0.15, 0.2) is 0 Å². The Morgan fingerprint density at radius 1 is 1.34 bits per heavy atom. The van der Waals surface area contributed by atoms with E-state index < -0.39 is 34.4 Å². The van der Waals surface area contributed by atoms with Gasteiger partial charge in [-0.15, -0.1) is 0 Å². The fourth-order valence-corrected chi connectivity index (χ4v) is 4.06. The van der Waals surface area contributed by atoms with Crippen LogP contribution in [0.2, 0.25) is 0 Å². The molecular weight excluding hydrogens is 386 g/mol. The highest BCUT2D eigenvalue weighted by molar-refractivity contribution is 6.06. The first-order valence-electron chi connectivity index (χ1n) is 9.13. The van der Waals surface area contributed by atoms with Crippen LogP contribution in [0, 0.1) is 16.0 Å². The van der Waals surface area contributed by atoms with Crippen LogP contribution in [-0.2, 0) is 21.0 Å². The zero-order chi connectivity index (χ0) is 21.2. The van der Waals surface area contributed by atoms with Gasteiger partial charge >= 0.3 is 11.9 Å². The summed E-state index contributed by atoms with van der Waals surface area (Å²) in [6.45, 7) is 0.393. The molecule has 1 saturated heterocycles. The molecule has 3 atom stereocenters. The highest BCUT2D eigenvalue weighted by Crippen LogP contribution is 2.50. The van der Waals surface area contributed by atoms with Gasteiger partial charge in [0.05, 0.1) is 18.1 Å². The minimum atomic E-state index is -1.21. The smallest absolute Gasteiger partial charge is 0.336 e. The molecule has 1 aliphatic carbocycles. The van der Waals surface area contributed by atoms with Crippen molar-refractivity contribution in [1.82, 2.24) is 10.4 Å². The van der Waals surface area contributed by atoms with Gasteiger partial charge in [0, 0.05) is 30.9 Å². The van der Waals surface area contributed by atoms with Gasteiger partial charge in [0.2, 0.25) is 11.9 Å². The van der Waals surface area contributed by atoms with E-state index in [4.69, 9.17) is 9.94 Å². The zero-order valence-electron chi connectivity index (χ0n) is 15.4. The molecule has 3 unspecified atom stereocenters. The molecule has 11 heteroatoms. The van der Waals surface area contributed by atoms with Gasteiger partial charge in [0.1, 0.15) is 5.54 Å². The Kier molecular flexibility index (Phi) is 5.80. The number of rotatable bonds is 9. The van der Waals surface area contributed by atoms with Crippen molar-refractivity contribution in [3.8, 4) is 0 Å². The summed E-state index contributed by atoms with van der Waals surface area (Å²) in [6, 6.07) is 5.44. The topological polar surface area (TPSA) is 159 Å². The van der Waals surface area contributed by atoms with Crippen LogP contribution in [0.5, 0.6) is 0 Å². The molecule has 11 nitrogen and oxygen atoms in total. The van der Waals surface area contributed by atoms with Gasteiger partial charge in [-0.3, -0.25) is 24.5 Å². The Balaban J connectivity index is 1.51. The van der Waals surface area contributed by atoms with Gasteiger partial charge < -0.3 is 15.1 Å². The molecule has 0 radical (unpaired) electrons. The normalized spacial score (nSPS) is 25.8. The molecule has 1 aromatic rings. The predicted octanol–water partition coefficient (Wildman–Crippen LogP) is 0.517. The van der Waals surface area contributed by atoms with E-state index in [1.54, 1.807) is 18.2 Å². The summed E-state index contributed by atoms with van der Waals surface area (Å²) >= 11 is 0. The highest BCUT2D eigenvalue weighted by atomic mass is 16.6. The molecule has 0 bridgehead atoms. The molecule has 156 valence electrons. The fourth-order valence-electron chi connectivity index (χ4n) is 4.06. The lowest BCUT2D eigenvalue weighted by atomic mass is 9.76. The Morgan fingerprint density at radius 3 is 2.72 bits per heavy atom. The third kappa shape index (κ3) is 3.91. The van der Waals surface area contributed by atoms with E-state index in [1.165, 1.54) is 11.0 Å². The van der Waals surface area contributed by atoms with E-state index in [0.717, 1.165) is 0 Å². The minimum absolute atomic E-state index is 0.00380. The summed E-state index contributed by atoms with van der Waals surface area (Å²) in [5.74, 6) is -3.69. The lowest BCUT2D eigenvalue weighted by Gasteiger charge is -2.29. The molecule has 1 aliphatic heterocycles. The Bertz CT molecular complexity index is 844. The Morgan fingerprint density at radius 2 is 2.07 bits per heavy atom. The average molecular weight is 407 g/mol. The molecule has 1 spiro atoms. The van der Waals surface area contributed by atoms with Crippen LogP contribution in [0.3, 0.4) is 0 Å². The van der Waals surface area contributed by atoms with E-state index in [-0.39, 0.29) is 50.4 Å². The van der Waals surface area contributed by atoms with Crippen LogP contribution in [0.4, 0.5) is 0 Å². The van der Waals surface area contributed by atoms with Crippen LogP contribution in [-0.4, -0.2) is 62.6 Å². The molecule has 1 heterocycles. The fraction of sp³-hybridized carbons (Fsp3) is 0.500. The number of benzene rings is 1. The number of carboxylic acids is 2. The molecule has 1 saturated carbocycles. The number of carbonyl (C=O) groups excluding carboxylic acids is 1. The summed E-state index contributed by atoms with van der Waals surface area (Å²) < 4.78 is 0.